The monoisotopic (exact) mass is 224 g/mol. The van der Waals surface area contributed by atoms with Gasteiger partial charge < -0.3 is 0 Å². The Labute approximate surface area is 97.4 Å². The van der Waals surface area contributed by atoms with Crippen LogP contribution in [0.5, 0.6) is 0 Å². The van der Waals surface area contributed by atoms with Gasteiger partial charge in [-0.1, -0.05) is 24.8 Å². The molecule has 0 saturated carbocycles. The van der Waals surface area contributed by atoms with E-state index < -0.39 is 5.91 Å². The van der Waals surface area contributed by atoms with Crippen molar-refractivity contribution in [2.45, 2.75) is 0 Å². The Bertz CT molecular complexity index is 674. The van der Waals surface area contributed by atoms with Gasteiger partial charge in [0.2, 0.25) is 0 Å². The second-order valence-electron chi connectivity index (χ2n) is 3.48. The molecule has 2 rings (SSSR count). The number of carbonyl (C=O) groups is 2. The van der Waals surface area contributed by atoms with Crippen molar-refractivity contribution in [3.05, 3.63) is 48.2 Å². The number of nitrogens with zero attached hydrogens (tertiary/aromatic N) is 2. The molecule has 0 saturated heterocycles. The van der Waals surface area contributed by atoms with E-state index in [0.29, 0.717) is 22.8 Å². The topological polar surface area (TPSA) is 62.9 Å². The number of aromatic nitrogens is 1. The lowest BCUT2D eigenvalue weighted by Crippen LogP contribution is -2.10. The van der Waals surface area contributed by atoms with Crippen molar-refractivity contribution in [3.63, 3.8) is 0 Å². The normalized spacial score (nSPS) is 9.82. The minimum absolute atomic E-state index is 0.164. The highest BCUT2D eigenvalue weighted by Gasteiger charge is 2.14. The van der Waals surface area contributed by atoms with Crippen molar-refractivity contribution in [1.82, 2.24) is 4.57 Å². The first-order chi connectivity index (χ1) is 8.19. The zero-order chi connectivity index (χ0) is 12.4. The molecule has 0 aliphatic heterocycles. The summed E-state index contributed by atoms with van der Waals surface area (Å²) in [6, 6.07) is 8.70. The van der Waals surface area contributed by atoms with Gasteiger partial charge in [0.25, 0.3) is 5.91 Å². The fraction of sp³-hybridized carbons (Fsp3) is 0. The maximum Gasteiger partial charge on any atom is 0.272 e. The summed E-state index contributed by atoms with van der Waals surface area (Å²) in [5.74, 6) is -0.517. The zero-order valence-corrected chi connectivity index (χ0v) is 8.88. The van der Waals surface area contributed by atoms with Gasteiger partial charge in [0.1, 0.15) is 11.6 Å². The first-order valence-electron chi connectivity index (χ1n) is 4.88. The first-order valence-corrected chi connectivity index (χ1v) is 4.88. The third-order valence-corrected chi connectivity index (χ3v) is 2.48. The van der Waals surface area contributed by atoms with Crippen molar-refractivity contribution in [2.24, 2.45) is 0 Å². The third-order valence-electron chi connectivity index (χ3n) is 2.48. The van der Waals surface area contributed by atoms with Gasteiger partial charge in [-0.3, -0.25) is 14.2 Å². The molecular weight excluding hydrogens is 216 g/mol. The van der Waals surface area contributed by atoms with Crippen LogP contribution in [0.4, 0.5) is 0 Å². The summed E-state index contributed by atoms with van der Waals surface area (Å²) in [6.07, 6.45) is 2.10. The van der Waals surface area contributed by atoms with Crippen LogP contribution in [0, 0.1) is 11.3 Å². The Morgan fingerprint density at radius 1 is 1.41 bits per heavy atom. The Morgan fingerprint density at radius 3 is 2.76 bits per heavy atom. The average Bonchev–Trinajstić information content (AvgIpc) is 2.75. The van der Waals surface area contributed by atoms with Gasteiger partial charge in [-0.05, 0) is 6.07 Å². The largest absolute Gasteiger partial charge is 0.298 e. The summed E-state index contributed by atoms with van der Waals surface area (Å²) >= 11 is 0. The summed E-state index contributed by atoms with van der Waals surface area (Å²) in [5.41, 5.74) is 0.846. The molecule has 1 heterocycles. The fourth-order valence-corrected chi connectivity index (χ4v) is 1.66. The van der Waals surface area contributed by atoms with Gasteiger partial charge in [-0.2, -0.15) is 5.26 Å². The maximum absolute atomic E-state index is 11.8. The van der Waals surface area contributed by atoms with E-state index in [1.54, 1.807) is 30.3 Å². The second kappa shape index (κ2) is 4.06. The molecule has 1 aromatic heterocycles. The molecule has 0 bridgehead atoms. The van der Waals surface area contributed by atoms with Gasteiger partial charge in [0.15, 0.2) is 6.29 Å². The number of hydrogen-bond donors (Lipinski definition) is 0. The summed E-state index contributed by atoms with van der Waals surface area (Å²) < 4.78 is 1.27. The van der Waals surface area contributed by atoms with Crippen LogP contribution in [0.1, 0.15) is 15.2 Å². The average molecular weight is 224 g/mol. The van der Waals surface area contributed by atoms with E-state index in [1.165, 1.54) is 10.8 Å². The third kappa shape index (κ3) is 1.64. The summed E-state index contributed by atoms with van der Waals surface area (Å²) in [4.78, 5) is 22.7. The van der Waals surface area contributed by atoms with E-state index in [4.69, 9.17) is 5.26 Å². The van der Waals surface area contributed by atoms with Gasteiger partial charge in [0.05, 0.1) is 5.52 Å². The van der Waals surface area contributed by atoms with Crippen molar-refractivity contribution in [2.75, 3.05) is 0 Å². The van der Waals surface area contributed by atoms with Crippen molar-refractivity contribution >= 4 is 23.1 Å². The molecule has 0 N–H and O–H groups in total. The highest BCUT2D eigenvalue weighted by Crippen LogP contribution is 2.20. The highest BCUT2D eigenvalue weighted by atomic mass is 16.2. The number of hydrogen-bond acceptors (Lipinski definition) is 3. The lowest BCUT2D eigenvalue weighted by atomic mass is 10.2. The van der Waals surface area contributed by atoms with E-state index in [9.17, 15) is 9.59 Å². The molecule has 0 atom stereocenters. The van der Waals surface area contributed by atoms with Gasteiger partial charge >= 0.3 is 0 Å². The number of aldehydes is 1. The van der Waals surface area contributed by atoms with Crippen molar-refractivity contribution < 1.29 is 9.59 Å². The zero-order valence-electron chi connectivity index (χ0n) is 8.88. The molecule has 4 nitrogen and oxygen atoms in total. The second-order valence-corrected chi connectivity index (χ2v) is 3.48. The molecule has 82 valence electrons. The minimum Gasteiger partial charge on any atom is -0.298 e. The Balaban J connectivity index is 2.71. The Kier molecular flexibility index (Phi) is 2.59. The lowest BCUT2D eigenvalue weighted by Gasteiger charge is -2.00. The molecule has 0 amide bonds. The molecule has 0 spiro atoms. The molecule has 0 fully saturated rings. The van der Waals surface area contributed by atoms with E-state index in [1.807, 2.05) is 0 Å². The number of fused-ring (bicyclic) bond motifs is 1. The molecule has 4 heteroatoms. The maximum atomic E-state index is 11.8. The highest BCUT2D eigenvalue weighted by molar-refractivity contribution is 6.07. The number of rotatable bonds is 2. The predicted octanol–water partition coefficient (Wildman–Crippen LogP) is 2.17. The molecule has 17 heavy (non-hydrogen) atoms. The Morgan fingerprint density at radius 2 is 2.12 bits per heavy atom. The molecule has 0 radical (unpaired) electrons. The van der Waals surface area contributed by atoms with E-state index >= 15 is 0 Å². The van der Waals surface area contributed by atoms with Gasteiger partial charge in [-0.25, -0.2) is 0 Å². The van der Waals surface area contributed by atoms with Crippen LogP contribution < -0.4 is 0 Å². The standard InChI is InChI=1S/C13H8N2O2/c1-9(6-14)13(17)15-7-10(8-16)11-4-2-3-5-12(11)15/h2-5,7-8H,1H2. The molecule has 2 aromatic rings. The summed E-state index contributed by atoms with van der Waals surface area (Å²) in [5, 5.41) is 9.33. The summed E-state index contributed by atoms with van der Waals surface area (Å²) in [6.45, 7) is 3.37. The molecule has 0 aliphatic carbocycles. The number of para-hydroxylation sites is 1. The van der Waals surface area contributed by atoms with Crippen LogP contribution in [0.25, 0.3) is 10.9 Å². The minimum atomic E-state index is -0.517. The number of benzene rings is 1. The first kappa shape index (κ1) is 10.8. The smallest absolute Gasteiger partial charge is 0.272 e. The van der Waals surface area contributed by atoms with Gasteiger partial charge in [-0.15, -0.1) is 0 Å². The van der Waals surface area contributed by atoms with E-state index in [-0.39, 0.29) is 5.57 Å². The van der Waals surface area contributed by atoms with E-state index in [0.717, 1.165) is 0 Å². The molecular formula is C13H8N2O2. The van der Waals surface area contributed by atoms with Crippen LogP contribution in [-0.4, -0.2) is 16.8 Å². The quantitative estimate of drug-likeness (QED) is 0.446. The van der Waals surface area contributed by atoms with Crippen LogP contribution >= 0.6 is 0 Å². The predicted molar refractivity (Wildman–Crippen MR) is 62.7 cm³/mol. The molecule has 0 aliphatic rings. The van der Waals surface area contributed by atoms with Crippen molar-refractivity contribution in [1.29, 1.82) is 5.26 Å². The SMILES string of the molecule is C=C(C#N)C(=O)n1cc(C=O)c2ccccc21. The van der Waals surface area contributed by atoms with E-state index in [2.05, 4.69) is 6.58 Å². The van der Waals surface area contributed by atoms with Gasteiger partial charge in [0, 0.05) is 17.1 Å². The van der Waals surface area contributed by atoms with Crippen molar-refractivity contribution in [3.8, 4) is 6.07 Å². The van der Waals surface area contributed by atoms with Crippen LogP contribution in [-0.2, 0) is 0 Å². The van der Waals surface area contributed by atoms with Crippen LogP contribution in [0.2, 0.25) is 0 Å². The molecule has 1 aromatic carbocycles. The van der Waals surface area contributed by atoms with Crippen LogP contribution in [0.3, 0.4) is 0 Å². The number of nitriles is 1. The van der Waals surface area contributed by atoms with Crippen LogP contribution in [0.15, 0.2) is 42.6 Å². The fourth-order valence-electron chi connectivity index (χ4n) is 1.66. The number of carbonyl (C=O) groups excluding carboxylic acids is 2. The lowest BCUT2D eigenvalue weighted by molar-refractivity contribution is 0.0965. The molecule has 0 unspecified atom stereocenters. The summed E-state index contributed by atoms with van der Waals surface area (Å²) in [7, 11) is 0. The Hall–Kier alpha value is -2.67. The number of allylic oxidation sites excluding steroid dienone is 1.